The summed E-state index contributed by atoms with van der Waals surface area (Å²) >= 11 is 0. The van der Waals surface area contributed by atoms with Crippen molar-refractivity contribution in [2.75, 3.05) is 6.54 Å². The molecule has 5 nitrogen and oxygen atoms in total. The molecule has 1 heterocycles. The van der Waals surface area contributed by atoms with Crippen LogP contribution in [0, 0.1) is 0 Å². The van der Waals surface area contributed by atoms with Crippen molar-refractivity contribution in [1.82, 2.24) is 9.88 Å². The second-order valence-electron chi connectivity index (χ2n) is 6.30. The Morgan fingerprint density at radius 2 is 1.92 bits per heavy atom. The van der Waals surface area contributed by atoms with Crippen LogP contribution in [0.1, 0.15) is 40.2 Å². The number of ketones is 1. The van der Waals surface area contributed by atoms with E-state index >= 15 is 0 Å². The van der Waals surface area contributed by atoms with Gasteiger partial charge in [-0.15, -0.1) is 0 Å². The van der Waals surface area contributed by atoms with E-state index in [1.165, 1.54) is 17.3 Å². The van der Waals surface area contributed by atoms with Crippen LogP contribution in [0.5, 0.6) is 0 Å². The maximum atomic E-state index is 12.6. The lowest BCUT2D eigenvalue weighted by Crippen LogP contribution is -2.23. The van der Waals surface area contributed by atoms with Crippen molar-refractivity contribution in [1.29, 1.82) is 0 Å². The van der Waals surface area contributed by atoms with E-state index in [-0.39, 0.29) is 12.3 Å². The van der Waals surface area contributed by atoms with Crippen LogP contribution >= 0.6 is 0 Å². The molecule has 26 heavy (non-hydrogen) atoms. The summed E-state index contributed by atoms with van der Waals surface area (Å²) in [5.41, 5.74) is 4.26. The van der Waals surface area contributed by atoms with E-state index in [0.717, 1.165) is 31.4 Å². The number of aryl methyl sites for hydroxylation is 1. The maximum Gasteiger partial charge on any atom is 0.322 e. The first-order chi connectivity index (χ1) is 12.6. The molecule has 0 bridgehead atoms. The number of nitrogens with zero attached hydrogens (tertiary/aromatic N) is 1. The summed E-state index contributed by atoms with van der Waals surface area (Å²) in [5.74, 6) is -1.15. The Bertz CT molecular complexity index is 863. The molecule has 0 amide bonds. The van der Waals surface area contributed by atoms with Crippen molar-refractivity contribution in [3.8, 4) is 0 Å². The van der Waals surface area contributed by atoms with E-state index in [0.29, 0.717) is 11.3 Å². The van der Waals surface area contributed by atoms with Gasteiger partial charge in [0.2, 0.25) is 0 Å². The molecule has 1 aliphatic carbocycles. The molecule has 0 unspecified atom stereocenters. The zero-order chi connectivity index (χ0) is 18.5. The molecular formula is C21H22N2O3. The van der Waals surface area contributed by atoms with Crippen molar-refractivity contribution in [2.45, 2.75) is 25.7 Å². The van der Waals surface area contributed by atoms with E-state index < -0.39 is 5.97 Å². The van der Waals surface area contributed by atoms with Crippen molar-refractivity contribution in [2.24, 2.45) is 0 Å². The third-order valence-corrected chi connectivity index (χ3v) is 4.56. The highest BCUT2D eigenvalue weighted by Gasteiger charge is 2.20. The standard InChI is InChI=1S/C21H22N2O3/c1-2-23-18-11-7-6-10-16(18)12-19(23)17(22-14-21(25)26)13-20(24)15-8-4-3-5-9-15/h2-5,8-9,12-13,22H,1,6-7,10-11,14H2,(H,25,26)/b17-13-. The molecule has 5 heteroatoms. The summed E-state index contributed by atoms with van der Waals surface area (Å²) in [7, 11) is 0. The van der Waals surface area contributed by atoms with Gasteiger partial charge >= 0.3 is 5.97 Å². The van der Waals surface area contributed by atoms with Crippen molar-refractivity contribution in [3.05, 3.63) is 71.6 Å². The lowest BCUT2D eigenvalue weighted by molar-refractivity contribution is -0.135. The zero-order valence-corrected chi connectivity index (χ0v) is 14.6. The van der Waals surface area contributed by atoms with Crippen molar-refractivity contribution in [3.63, 3.8) is 0 Å². The number of carbonyl (C=O) groups excluding carboxylic acids is 1. The molecule has 0 fully saturated rings. The molecule has 1 aliphatic rings. The van der Waals surface area contributed by atoms with E-state index in [9.17, 15) is 9.59 Å². The van der Waals surface area contributed by atoms with Crippen LogP contribution in [0.25, 0.3) is 11.9 Å². The number of fused-ring (bicyclic) bond motifs is 1. The van der Waals surface area contributed by atoms with Gasteiger partial charge in [-0.3, -0.25) is 9.59 Å². The van der Waals surface area contributed by atoms with Gasteiger partial charge < -0.3 is 15.0 Å². The van der Waals surface area contributed by atoms with Crippen molar-refractivity contribution < 1.29 is 14.7 Å². The molecule has 0 radical (unpaired) electrons. The maximum absolute atomic E-state index is 12.6. The number of rotatable bonds is 7. The number of benzene rings is 1. The fraction of sp³-hybridized carbons (Fsp3) is 0.238. The number of carboxylic acid groups (broad SMARTS) is 1. The Morgan fingerprint density at radius 1 is 1.19 bits per heavy atom. The first-order valence-corrected chi connectivity index (χ1v) is 8.73. The summed E-state index contributed by atoms with van der Waals surface area (Å²) in [6.45, 7) is 3.63. The smallest absolute Gasteiger partial charge is 0.322 e. The van der Waals surface area contributed by atoms with Gasteiger partial charge in [-0.25, -0.2) is 0 Å². The molecule has 1 aromatic heterocycles. The van der Waals surface area contributed by atoms with Gasteiger partial charge in [0.15, 0.2) is 5.78 Å². The Kier molecular flexibility index (Phi) is 5.37. The molecule has 1 aromatic carbocycles. The normalized spacial score (nSPS) is 13.8. The van der Waals surface area contributed by atoms with E-state index in [1.807, 2.05) is 16.7 Å². The number of hydrogen-bond acceptors (Lipinski definition) is 3. The Hall–Kier alpha value is -3.08. The SMILES string of the molecule is C=Cn1c(/C(=C/C(=O)c2ccccc2)NCC(=O)O)cc2c1CCCC2. The van der Waals surface area contributed by atoms with Crippen LogP contribution in [-0.4, -0.2) is 28.0 Å². The third kappa shape index (κ3) is 3.77. The van der Waals surface area contributed by atoms with Crippen LogP contribution in [-0.2, 0) is 17.6 Å². The molecular weight excluding hydrogens is 328 g/mol. The number of hydrogen-bond donors (Lipinski definition) is 2. The number of aliphatic carboxylic acids is 1. The number of carbonyl (C=O) groups is 2. The first-order valence-electron chi connectivity index (χ1n) is 8.73. The lowest BCUT2D eigenvalue weighted by atomic mass is 9.98. The Labute approximate surface area is 152 Å². The highest BCUT2D eigenvalue weighted by Crippen LogP contribution is 2.28. The zero-order valence-electron chi connectivity index (χ0n) is 14.6. The second kappa shape index (κ2) is 7.87. The van der Waals surface area contributed by atoms with Gasteiger partial charge in [-0.2, -0.15) is 0 Å². The summed E-state index contributed by atoms with van der Waals surface area (Å²) in [6, 6.07) is 11.0. The predicted octanol–water partition coefficient (Wildman–Crippen LogP) is 3.37. The van der Waals surface area contributed by atoms with Crippen LogP contribution in [0.15, 0.2) is 49.1 Å². The molecule has 134 valence electrons. The lowest BCUT2D eigenvalue weighted by Gasteiger charge is -2.15. The Morgan fingerprint density at radius 3 is 2.62 bits per heavy atom. The molecule has 2 aromatic rings. The van der Waals surface area contributed by atoms with Gasteiger partial charge in [0.1, 0.15) is 6.54 Å². The fourth-order valence-corrected chi connectivity index (χ4v) is 3.34. The first kappa shape index (κ1) is 17.7. The quantitative estimate of drug-likeness (QED) is 0.593. The van der Waals surface area contributed by atoms with Crippen molar-refractivity contribution >= 4 is 23.6 Å². The fourth-order valence-electron chi connectivity index (χ4n) is 3.34. The molecule has 0 saturated carbocycles. The van der Waals surface area contributed by atoms with Crippen LogP contribution < -0.4 is 5.32 Å². The molecule has 3 rings (SSSR count). The van der Waals surface area contributed by atoms with Gasteiger partial charge in [-0.05, 0) is 37.3 Å². The minimum atomic E-state index is -0.982. The van der Waals surface area contributed by atoms with Crippen LogP contribution in [0.4, 0.5) is 0 Å². The van der Waals surface area contributed by atoms with E-state index in [4.69, 9.17) is 5.11 Å². The molecule has 0 aliphatic heterocycles. The number of carboxylic acids is 1. The van der Waals surface area contributed by atoms with E-state index in [2.05, 4.69) is 11.9 Å². The largest absolute Gasteiger partial charge is 0.480 e. The summed E-state index contributed by atoms with van der Waals surface area (Å²) < 4.78 is 1.97. The van der Waals surface area contributed by atoms with Gasteiger partial charge in [0.05, 0.1) is 11.4 Å². The van der Waals surface area contributed by atoms with Gasteiger partial charge in [-0.1, -0.05) is 36.9 Å². The minimum Gasteiger partial charge on any atom is -0.480 e. The van der Waals surface area contributed by atoms with E-state index in [1.54, 1.807) is 30.5 Å². The average molecular weight is 350 g/mol. The monoisotopic (exact) mass is 350 g/mol. The highest BCUT2D eigenvalue weighted by atomic mass is 16.4. The van der Waals surface area contributed by atoms with Crippen LogP contribution in [0.3, 0.4) is 0 Å². The average Bonchev–Trinajstić information content (AvgIpc) is 3.04. The summed E-state index contributed by atoms with van der Waals surface area (Å²) in [5, 5.41) is 11.9. The Balaban J connectivity index is 2.03. The third-order valence-electron chi connectivity index (χ3n) is 4.56. The molecule has 0 saturated heterocycles. The highest BCUT2D eigenvalue weighted by molar-refractivity contribution is 6.08. The second-order valence-corrected chi connectivity index (χ2v) is 6.30. The molecule has 0 atom stereocenters. The van der Waals surface area contributed by atoms with Gasteiger partial charge in [0, 0.05) is 23.5 Å². The van der Waals surface area contributed by atoms with Gasteiger partial charge in [0.25, 0.3) is 0 Å². The number of nitrogens with one attached hydrogen (secondary N) is 1. The summed E-state index contributed by atoms with van der Waals surface area (Å²) in [6.07, 6.45) is 7.40. The number of aromatic nitrogens is 1. The predicted molar refractivity (Wildman–Crippen MR) is 102 cm³/mol. The minimum absolute atomic E-state index is 0.173. The van der Waals surface area contributed by atoms with Crippen LogP contribution in [0.2, 0.25) is 0 Å². The number of allylic oxidation sites excluding steroid dienone is 1. The topological polar surface area (TPSA) is 71.3 Å². The molecule has 0 spiro atoms. The molecule has 2 N–H and O–H groups in total. The summed E-state index contributed by atoms with van der Waals surface area (Å²) in [4.78, 5) is 23.7.